The predicted octanol–water partition coefficient (Wildman–Crippen LogP) is 1.22. The molecule has 0 aromatic heterocycles. The molecule has 1 saturated carbocycles. The molecule has 0 radical (unpaired) electrons. The highest BCUT2D eigenvalue weighted by atomic mass is 16.6. The lowest BCUT2D eigenvalue weighted by Crippen LogP contribution is -2.41. The molecule has 1 heterocycles. The molecule has 2 aliphatic rings. The maximum atomic E-state index is 11.5. The van der Waals surface area contributed by atoms with E-state index in [0.717, 1.165) is 25.7 Å². The molecule has 0 aromatic rings. The highest BCUT2D eigenvalue weighted by molar-refractivity contribution is 5.85. The number of carboxylic acids is 1. The molecule has 0 aromatic carbocycles. The molecular weight excluding hydrogens is 198 g/mol. The summed E-state index contributed by atoms with van der Waals surface area (Å²) in [5, 5.41) is 8.95. The lowest BCUT2D eigenvalue weighted by molar-refractivity contribution is -0.153. The first-order valence-corrected chi connectivity index (χ1v) is 5.26. The minimum absolute atomic E-state index is 0.172. The van der Waals surface area contributed by atoms with E-state index in [1.165, 1.54) is 6.92 Å². The van der Waals surface area contributed by atoms with Crippen LogP contribution in [0.5, 0.6) is 0 Å². The van der Waals surface area contributed by atoms with E-state index in [4.69, 9.17) is 9.84 Å². The van der Waals surface area contributed by atoms with Crippen molar-refractivity contribution in [3.05, 3.63) is 0 Å². The van der Waals surface area contributed by atoms with Gasteiger partial charge in [0, 0.05) is 6.04 Å². The summed E-state index contributed by atoms with van der Waals surface area (Å²) in [7, 11) is 0. The van der Waals surface area contributed by atoms with Gasteiger partial charge in [0.1, 0.15) is 0 Å². The average Bonchev–Trinajstić information content (AvgIpc) is 2.73. The van der Waals surface area contributed by atoms with Crippen LogP contribution in [-0.2, 0) is 9.53 Å². The van der Waals surface area contributed by atoms with Crippen molar-refractivity contribution in [2.75, 3.05) is 6.54 Å². The molecule has 5 nitrogen and oxygen atoms in total. The fraction of sp³-hybridized carbons (Fsp3) is 0.800. The molecule has 1 N–H and O–H groups in total. The number of carboxylic acid groups (broad SMARTS) is 1. The van der Waals surface area contributed by atoms with E-state index in [2.05, 4.69) is 0 Å². The minimum atomic E-state index is -1.36. The van der Waals surface area contributed by atoms with Crippen molar-refractivity contribution in [3.8, 4) is 0 Å². The van der Waals surface area contributed by atoms with Gasteiger partial charge in [-0.05, 0) is 19.8 Å². The van der Waals surface area contributed by atoms with Crippen LogP contribution in [0.2, 0.25) is 0 Å². The van der Waals surface area contributed by atoms with Crippen LogP contribution in [-0.4, -0.2) is 40.3 Å². The molecule has 1 amide bonds. The fourth-order valence-electron chi connectivity index (χ4n) is 2.28. The predicted molar refractivity (Wildman–Crippen MR) is 51.5 cm³/mol. The molecule has 0 spiro atoms. The maximum absolute atomic E-state index is 11.5. The molecule has 1 atom stereocenters. The Labute approximate surface area is 88.0 Å². The first-order valence-electron chi connectivity index (χ1n) is 5.26. The average molecular weight is 213 g/mol. The SMILES string of the molecule is CC1(C(=O)O)CN(C2CCCC2)C(=O)O1. The Hall–Kier alpha value is -1.26. The second-order valence-corrected chi connectivity index (χ2v) is 4.47. The fourth-order valence-corrected chi connectivity index (χ4v) is 2.28. The number of nitrogens with zero attached hydrogens (tertiary/aromatic N) is 1. The van der Waals surface area contributed by atoms with Gasteiger partial charge in [-0.1, -0.05) is 12.8 Å². The molecule has 15 heavy (non-hydrogen) atoms. The zero-order valence-corrected chi connectivity index (χ0v) is 8.73. The number of carbonyl (C=O) groups is 2. The summed E-state index contributed by atoms with van der Waals surface area (Å²) in [6.07, 6.45) is 3.67. The van der Waals surface area contributed by atoms with Crippen LogP contribution in [0.1, 0.15) is 32.6 Å². The summed E-state index contributed by atoms with van der Waals surface area (Å²) in [6, 6.07) is 0.179. The Kier molecular flexibility index (Phi) is 2.32. The van der Waals surface area contributed by atoms with E-state index in [9.17, 15) is 9.59 Å². The van der Waals surface area contributed by atoms with Gasteiger partial charge in [0.2, 0.25) is 5.60 Å². The van der Waals surface area contributed by atoms with E-state index < -0.39 is 17.7 Å². The van der Waals surface area contributed by atoms with Crippen molar-refractivity contribution in [3.63, 3.8) is 0 Å². The van der Waals surface area contributed by atoms with Crippen molar-refractivity contribution < 1.29 is 19.4 Å². The lowest BCUT2D eigenvalue weighted by Gasteiger charge is -2.21. The van der Waals surface area contributed by atoms with Gasteiger partial charge in [-0.3, -0.25) is 0 Å². The number of aliphatic carboxylic acids is 1. The molecule has 0 bridgehead atoms. The van der Waals surface area contributed by atoms with Gasteiger partial charge >= 0.3 is 12.1 Å². The van der Waals surface area contributed by atoms with E-state index in [1.54, 1.807) is 4.90 Å². The third-order valence-corrected chi connectivity index (χ3v) is 3.24. The summed E-state index contributed by atoms with van der Waals surface area (Å²) in [5.41, 5.74) is -1.36. The highest BCUT2D eigenvalue weighted by Gasteiger charge is 2.49. The zero-order chi connectivity index (χ0) is 11.1. The van der Waals surface area contributed by atoms with Crippen molar-refractivity contribution >= 4 is 12.1 Å². The quantitative estimate of drug-likeness (QED) is 0.749. The third-order valence-electron chi connectivity index (χ3n) is 3.24. The van der Waals surface area contributed by atoms with Gasteiger partial charge in [-0.2, -0.15) is 0 Å². The molecule has 5 heteroatoms. The number of cyclic esters (lactones) is 1. The second-order valence-electron chi connectivity index (χ2n) is 4.47. The van der Waals surface area contributed by atoms with Gasteiger partial charge in [0.15, 0.2) is 0 Å². The number of ether oxygens (including phenoxy) is 1. The Morgan fingerprint density at radius 2 is 2.13 bits per heavy atom. The smallest absolute Gasteiger partial charge is 0.411 e. The van der Waals surface area contributed by atoms with Gasteiger partial charge < -0.3 is 14.7 Å². The van der Waals surface area contributed by atoms with Gasteiger partial charge in [-0.25, -0.2) is 9.59 Å². The number of carbonyl (C=O) groups excluding carboxylic acids is 1. The van der Waals surface area contributed by atoms with Gasteiger partial charge in [0.05, 0.1) is 6.54 Å². The molecule has 84 valence electrons. The molecule has 1 aliphatic heterocycles. The number of hydrogen-bond donors (Lipinski definition) is 1. The summed E-state index contributed by atoms with van der Waals surface area (Å²) in [5.74, 6) is -1.07. The van der Waals surface area contributed by atoms with Crippen LogP contribution in [0.4, 0.5) is 4.79 Å². The largest absolute Gasteiger partial charge is 0.478 e. The molecule has 2 rings (SSSR count). The molecule has 1 aliphatic carbocycles. The van der Waals surface area contributed by atoms with Crippen molar-refractivity contribution in [2.24, 2.45) is 0 Å². The van der Waals surface area contributed by atoms with Crippen LogP contribution in [0, 0.1) is 0 Å². The van der Waals surface area contributed by atoms with Crippen molar-refractivity contribution in [1.29, 1.82) is 0 Å². The van der Waals surface area contributed by atoms with Crippen LogP contribution < -0.4 is 0 Å². The van der Waals surface area contributed by atoms with E-state index in [1.807, 2.05) is 0 Å². The van der Waals surface area contributed by atoms with Crippen LogP contribution in [0.3, 0.4) is 0 Å². The van der Waals surface area contributed by atoms with Crippen molar-refractivity contribution in [1.82, 2.24) is 4.90 Å². The van der Waals surface area contributed by atoms with Gasteiger partial charge in [0.25, 0.3) is 0 Å². The minimum Gasteiger partial charge on any atom is -0.478 e. The standard InChI is InChI=1S/C10H15NO4/c1-10(8(12)13)6-11(9(14)15-10)7-4-2-3-5-7/h7H,2-6H2,1H3,(H,12,13). The van der Waals surface area contributed by atoms with Crippen LogP contribution in [0.15, 0.2) is 0 Å². The van der Waals surface area contributed by atoms with E-state index in [0.29, 0.717) is 0 Å². The Balaban J connectivity index is 2.10. The topological polar surface area (TPSA) is 66.8 Å². The number of amides is 1. The second kappa shape index (κ2) is 3.40. The monoisotopic (exact) mass is 213 g/mol. The molecule has 1 unspecified atom stereocenters. The molecule has 1 saturated heterocycles. The van der Waals surface area contributed by atoms with Gasteiger partial charge in [-0.15, -0.1) is 0 Å². The van der Waals surface area contributed by atoms with E-state index in [-0.39, 0.29) is 12.6 Å². The van der Waals surface area contributed by atoms with Crippen LogP contribution >= 0.6 is 0 Å². The highest BCUT2D eigenvalue weighted by Crippen LogP contribution is 2.31. The first-order chi connectivity index (χ1) is 7.03. The summed E-state index contributed by atoms with van der Waals surface area (Å²) in [4.78, 5) is 24.0. The van der Waals surface area contributed by atoms with E-state index >= 15 is 0 Å². The summed E-state index contributed by atoms with van der Waals surface area (Å²) >= 11 is 0. The summed E-state index contributed by atoms with van der Waals surface area (Å²) in [6.45, 7) is 1.62. The Morgan fingerprint density at radius 1 is 1.53 bits per heavy atom. The molecule has 2 fully saturated rings. The van der Waals surface area contributed by atoms with Crippen LogP contribution in [0.25, 0.3) is 0 Å². The normalized spacial score (nSPS) is 32.1. The lowest BCUT2D eigenvalue weighted by atomic mass is 10.1. The first kappa shape index (κ1) is 10.3. The zero-order valence-electron chi connectivity index (χ0n) is 8.73. The third kappa shape index (κ3) is 1.66. The Morgan fingerprint density at radius 3 is 2.60 bits per heavy atom. The van der Waals surface area contributed by atoms with Crippen molar-refractivity contribution in [2.45, 2.75) is 44.2 Å². The maximum Gasteiger partial charge on any atom is 0.411 e. The number of rotatable bonds is 2. The number of hydrogen-bond acceptors (Lipinski definition) is 3. The Bertz CT molecular complexity index is 298. The molecular formula is C10H15NO4. The summed E-state index contributed by atoms with van der Waals surface area (Å²) < 4.78 is 4.92.